The minimum atomic E-state index is -0.850. The molecule has 1 saturated carbocycles. The fourth-order valence-corrected chi connectivity index (χ4v) is 5.51. The maximum absolute atomic E-state index is 13.9. The van der Waals surface area contributed by atoms with Crippen LogP contribution < -0.4 is 5.32 Å². The summed E-state index contributed by atoms with van der Waals surface area (Å²) in [7, 11) is 0. The van der Waals surface area contributed by atoms with Crippen molar-refractivity contribution in [3.63, 3.8) is 0 Å². The third-order valence-electron chi connectivity index (χ3n) is 6.65. The first-order valence-electron chi connectivity index (χ1n) is 12.3. The van der Waals surface area contributed by atoms with Crippen LogP contribution in [-0.4, -0.2) is 42.9 Å². The van der Waals surface area contributed by atoms with Crippen LogP contribution in [0.15, 0.2) is 66.0 Å². The number of phenolic OH excluding ortho intramolecular Hbond substituents is 1. The minimum Gasteiger partial charge on any atom is -0.508 e. The maximum atomic E-state index is 13.9. The topological polar surface area (TPSA) is 100 Å². The van der Waals surface area contributed by atoms with Gasteiger partial charge in [0.15, 0.2) is 0 Å². The van der Waals surface area contributed by atoms with Gasteiger partial charge in [-0.15, -0.1) is 16.4 Å². The van der Waals surface area contributed by atoms with E-state index in [0.29, 0.717) is 11.1 Å². The molecule has 0 unspecified atom stereocenters. The first-order valence-corrected chi connectivity index (χ1v) is 13.2. The number of para-hydroxylation sites is 1. The summed E-state index contributed by atoms with van der Waals surface area (Å²) in [5.74, 6) is -0.340. The highest BCUT2D eigenvalue weighted by Gasteiger charge is 2.33. The second kappa shape index (κ2) is 10.9. The second-order valence-corrected chi connectivity index (χ2v) is 10.2. The fraction of sp³-hybridized carbons (Fsp3) is 0.333. The quantitative estimate of drug-likeness (QED) is 0.371. The number of aromatic nitrogens is 3. The van der Waals surface area contributed by atoms with Gasteiger partial charge in [-0.25, -0.2) is 4.68 Å². The van der Waals surface area contributed by atoms with Gasteiger partial charge in [0.1, 0.15) is 23.9 Å². The number of thiophene rings is 1. The van der Waals surface area contributed by atoms with Crippen LogP contribution >= 0.6 is 11.3 Å². The van der Waals surface area contributed by atoms with Gasteiger partial charge >= 0.3 is 0 Å². The molecule has 5 rings (SSSR count). The highest BCUT2D eigenvalue weighted by molar-refractivity contribution is 7.09. The van der Waals surface area contributed by atoms with Crippen molar-refractivity contribution in [2.75, 3.05) is 0 Å². The molecule has 0 radical (unpaired) electrons. The first-order chi connectivity index (χ1) is 17.6. The number of aromatic hydroxyl groups is 1. The normalized spacial score (nSPS) is 15.0. The Hall–Kier alpha value is -3.72. The lowest BCUT2D eigenvalue weighted by Gasteiger charge is -2.33. The van der Waals surface area contributed by atoms with Gasteiger partial charge < -0.3 is 15.3 Å². The molecule has 1 aliphatic rings. The van der Waals surface area contributed by atoms with E-state index in [1.165, 1.54) is 6.42 Å². The van der Waals surface area contributed by atoms with E-state index in [9.17, 15) is 14.7 Å². The fourth-order valence-electron chi connectivity index (χ4n) is 4.80. The van der Waals surface area contributed by atoms with Crippen LogP contribution in [0.25, 0.3) is 11.0 Å². The summed E-state index contributed by atoms with van der Waals surface area (Å²) >= 11 is 1.54. The lowest BCUT2D eigenvalue weighted by atomic mass is 9.94. The van der Waals surface area contributed by atoms with Crippen molar-refractivity contribution in [1.82, 2.24) is 25.2 Å². The molecule has 0 bridgehead atoms. The third kappa shape index (κ3) is 5.41. The van der Waals surface area contributed by atoms with Crippen molar-refractivity contribution in [2.45, 2.75) is 57.3 Å². The molecular formula is C27H29N5O3S. The number of phenols is 1. The second-order valence-electron chi connectivity index (χ2n) is 9.17. The van der Waals surface area contributed by atoms with E-state index in [2.05, 4.69) is 15.6 Å². The van der Waals surface area contributed by atoms with Crippen molar-refractivity contribution in [3.8, 4) is 5.75 Å². The van der Waals surface area contributed by atoms with Gasteiger partial charge in [0, 0.05) is 10.9 Å². The van der Waals surface area contributed by atoms with E-state index in [1.807, 2.05) is 41.8 Å². The highest BCUT2D eigenvalue weighted by Crippen LogP contribution is 2.28. The molecule has 0 aliphatic heterocycles. The van der Waals surface area contributed by atoms with Crippen molar-refractivity contribution in [3.05, 3.63) is 76.5 Å². The van der Waals surface area contributed by atoms with Gasteiger partial charge in [0.25, 0.3) is 0 Å². The number of nitrogens with zero attached hydrogens (tertiary/aromatic N) is 4. The number of nitrogens with one attached hydrogen (secondary N) is 1. The monoisotopic (exact) mass is 503 g/mol. The number of fused-ring (bicyclic) bond motifs is 1. The summed E-state index contributed by atoms with van der Waals surface area (Å²) in [6, 6.07) is 17.2. The molecule has 1 atom stereocenters. The molecule has 2 N–H and O–H groups in total. The Labute approximate surface area is 213 Å². The summed E-state index contributed by atoms with van der Waals surface area (Å²) in [4.78, 5) is 30.2. The number of rotatable bonds is 8. The van der Waals surface area contributed by atoms with Gasteiger partial charge in [0.05, 0.1) is 12.1 Å². The molecule has 4 aromatic rings. The molecule has 36 heavy (non-hydrogen) atoms. The van der Waals surface area contributed by atoms with Crippen LogP contribution in [-0.2, 0) is 22.7 Å². The molecule has 8 nitrogen and oxygen atoms in total. The molecule has 186 valence electrons. The molecule has 9 heteroatoms. The molecule has 2 amide bonds. The molecule has 1 aliphatic carbocycles. The van der Waals surface area contributed by atoms with E-state index in [-0.39, 0.29) is 36.7 Å². The first kappa shape index (κ1) is 24.0. The molecule has 0 spiro atoms. The lowest BCUT2D eigenvalue weighted by Crippen LogP contribution is -2.47. The summed E-state index contributed by atoms with van der Waals surface area (Å²) in [6.45, 7) is 0.240. The van der Waals surface area contributed by atoms with Gasteiger partial charge in [-0.2, -0.15) is 0 Å². The average Bonchev–Trinajstić information content (AvgIpc) is 3.56. The van der Waals surface area contributed by atoms with E-state index in [0.717, 1.165) is 36.1 Å². The smallest absolute Gasteiger partial charge is 0.247 e. The zero-order valence-electron chi connectivity index (χ0n) is 19.9. The Morgan fingerprint density at radius 3 is 2.58 bits per heavy atom. The average molecular weight is 504 g/mol. The van der Waals surface area contributed by atoms with E-state index < -0.39 is 6.04 Å². The van der Waals surface area contributed by atoms with E-state index >= 15 is 0 Å². The van der Waals surface area contributed by atoms with Crippen molar-refractivity contribution in [2.24, 2.45) is 0 Å². The summed E-state index contributed by atoms with van der Waals surface area (Å²) in [5.41, 5.74) is 2.12. The van der Waals surface area contributed by atoms with Crippen LogP contribution in [0.4, 0.5) is 0 Å². The number of amides is 2. The van der Waals surface area contributed by atoms with Crippen molar-refractivity contribution >= 4 is 34.2 Å². The SMILES string of the molecule is O=C(NC1CCCCC1)[C@H](c1ccc(O)cc1)N(Cc1cccs1)C(=O)Cn1nnc2ccccc21. The predicted octanol–water partition coefficient (Wildman–Crippen LogP) is 4.42. The minimum absolute atomic E-state index is 0.0445. The van der Waals surface area contributed by atoms with Crippen LogP contribution in [0.2, 0.25) is 0 Å². The van der Waals surface area contributed by atoms with Crippen LogP contribution in [0, 0.1) is 0 Å². The Kier molecular flexibility index (Phi) is 7.27. The number of benzene rings is 2. The Balaban J connectivity index is 1.49. The van der Waals surface area contributed by atoms with E-state index in [4.69, 9.17) is 0 Å². The summed E-state index contributed by atoms with van der Waals surface area (Å²) in [6.07, 6.45) is 5.25. The standard InChI is InChI=1S/C27H29N5O3S/c33-21-14-12-19(13-15-21)26(27(35)28-20-7-2-1-3-8-20)31(17-22-9-6-16-36-22)25(34)18-32-24-11-5-4-10-23(24)29-30-32/h4-6,9-16,20,26,33H,1-3,7-8,17-18H2,(H,28,35)/t26-/m0/s1. The molecule has 1 fully saturated rings. The van der Waals surface area contributed by atoms with Gasteiger partial charge in [0.2, 0.25) is 11.8 Å². The molecular weight excluding hydrogens is 474 g/mol. The number of hydrogen-bond donors (Lipinski definition) is 2. The number of hydrogen-bond acceptors (Lipinski definition) is 6. The summed E-state index contributed by atoms with van der Waals surface area (Å²) < 4.78 is 1.58. The zero-order valence-corrected chi connectivity index (χ0v) is 20.7. The number of carbonyl (C=O) groups excluding carboxylic acids is 2. The van der Waals surface area contributed by atoms with Crippen LogP contribution in [0.1, 0.15) is 48.6 Å². The maximum Gasteiger partial charge on any atom is 0.247 e. The van der Waals surface area contributed by atoms with Crippen LogP contribution in [0.3, 0.4) is 0 Å². The molecule has 2 aromatic carbocycles. The largest absolute Gasteiger partial charge is 0.508 e. The Morgan fingerprint density at radius 2 is 1.83 bits per heavy atom. The lowest BCUT2D eigenvalue weighted by molar-refractivity contribution is -0.142. The van der Waals surface area contributed by atoms with Crippen LogP contribution in [0.5, 0.6) is 5.75 Å². The Morgan fingerprint density at radius 1 is 1.06 bits per heavy atom. The third-order valence-corrected chi connectivity index (χ3v) is 7.51. The van der Waals surface area contributed by atoms with Gasteiger partial charge in [-0.3, -0.25) is 9.59 Å². The van der Waals surface area contributed by atoms with Gasteiger partial charge in [-0.05, 0) is 54.1 Å². The molecule has 2 heterocycles. The molecule has 2 aromatic heterocycles. The summed E-state index contributed by atoms with van der Waals surface area (Å²) in [5, 5.41) is 23.4. The predicted molar refractivity (Wildman–Crippen MR) is 138 cm³/mol. The van der Waals surface area contributed by atoms with Crippen molar-refractivity contribution < 1.29 is 14.7 Å². The van der Waals surface area contributed by atoms with E-state index in [1.54, 1.807) is 45.2 Å². The van der Waals surface area contributed by atoms with Gasteiger partial charge in [-0.1, -0.05) is 54.8 Å². The zero-order chi connectivity index (χ0) is 24.9. The molecule has 0 saturated heterocycles. The number of carbonyl (C=O) groups is 2. The Bertz CT molecular complexity index is 1310. The highest BCUT2D eigenvalue weighted by atomic mass is 32.1. The van der Waals surface area contributed by atoms with Crippen molar-refractivity contribution in [1.29, 1.82) is 0 Å².